The fraction of sp³-hybridized carbons (Fsp3) is 0.292. The van der Waals surface area contributed by atoms with Gasteiger partial charge in [0.15, 0.2) is 0 Å². The molecular formula is C24H22ClF4N5O2. The molecule has 12 heteroatoms. The highest BCUT2D eigenvalue weighted by atomic mass is 35.5. The number of nitrogens with zero attached hydrogens (tertiary/aromatic N) is 4. The van der Waals surface area contributed by atoms with Gasteiger partial charge >= 0.3 is 6.18 Å². The number of carbonyl (C=O) groups is 1. The van der Waals surface area contributed by atoms with Gasteiger partial charge < -0.3 is 15.2 Å². The number of hydrogen-bond donors (Lipinski definition) is 1. The van der Waals surface area contributed by atoms with Crippen LogP contribution in [0.1, 0.15) is 32.7 Å². The molecule has 1 amide bonds. The fourth-order valence-electron chi connectivity index (χ4n) is 3.98. The van der Waals surface area contributed by atoms with Crippen LogP contribution in [-0.2, 0) is 25.7 Å². The van der Waals surface area contributed by atoms with Crippen LogP contribution in [-0.4, -0.2) is 41.1 Å². The summed E-state index contributed by atoms with van der Waals surface area (Å²) in [5, 5.41) is 4.92. The van der Waals surface area contributed by atoms with Gasteiger partial charge in [-0.3, -0.25) is 9.59 Å². The third kappa shape index (κ3) is 5.15. The second kappa shape index (κ2) is 9.81. The Bertz CT molecular complexity index is 1360. The lowest BCUT2D eigenvalue weighted by Gasteiger charge is -2.30. The van der Waals surface area contributed by atoms with Crippen molar-refractivity contribution in [2.75, 3.05) is 31.0 Å². The van der Waals surface area contributed by atoms with Gasteiger partial charge in [0, 0.05) is 44.2 Å². The molecule has 1 N–H and O–H groups in total. The number of benzene rings is 2. The lowest BCUT2D eigenvalue weighted by Crippen LogP contribution is -2.45. The zero-order chi connectivity index (χ0) is 26.2. The van der Waals surface area contributed by atoms with E-state index in [1.54, 1.807) is 43.3 Å². The molecule has 0 bridgehead atoms. The number of nitrogens with one attached hydrogen (secondary N) is 1. The summed E-state index contributed by atoms with van der Waals surface area (Å²) in [5.74, 6) is -1.46. The molecule has 0 atom stereocenters. The van der Waals surface area contributed by atoms with Gasteiger partial charge in [-0.2, -0.15) is 17.8 Å². The molecule has 1 aromatic heterocycles. The van der Waals surface area contributed by atoms with Gasteiger partial charge in [-0.05, 0) is 42.0 Å². The first-order valence-corrected chi connectivity index (χ1v) is 11.3. The average molecular weight is 524 g/mol. The van der Waals surface area contributed by atoms with Crippen molar-refractivity contribution >= 4 is 23.5 Å². The standard InChI is InChI=1S/C24H22ClF4N5O2/c1-32(2)34-22(36)17-13-33(21(35)15-4-6-16(25)7-5-15)10-9-20(17)31-23(34)30-12-14-3-8-18(19(26)11-14)24(27,28)29/h3-8,11H,9-10,12-13H2,1-2H3,(H,30,31). The number of amides is 1. The Morgan fingerprint density at radius 3 is 2.47 bits per heavy atom. The number of carbonyl (C=O) groups excluding carboxylic acids is 1. The van der Waals surface area contributed by atoms with Gasteiger partial charge in [0.2, 0.25) is 5.95 Å². The number of anilines is 1. The van der Waals surface area contributed by atoms with E-state index in [2.05, 4.69) is 10.3 Å². The van der Waals surface area contributed by atoms with Crippen LogP contribution in [0.3, 0.4) is 0 Å². The summed E-state index contributed by atoms with van der Waals surface area (Å²) in [6, 6.07) is 9.11. The molecule has 36 heavy (non-hydrogen) atoms. The van der Waals surface area contributed by atoms with Crippen LogP contribution < -0.4 is 15.9 Å². The summed E-state index contributed by atoms with van der Waals surface area (Å²) < 4.78 is 53.7. The van der Waals surface area contributed by atoms with Crippen LogP contribution in [0.15, 0.2) is 47.3 Å². The largest absolute Gasteiger partial charge is 0.419 e. The molecule has 190 valence electrons. The van der Waals surface area contributed by atoms with E-state index in [1.165, 1.54) is 9.69 Å². The molecule has 0 fully saturated rings. The second-order valence-electron chi connectivity index (χ2n) is 8.47. The molecule has 0 spiro atoms. The minimum absolute atomic E-state index is 0.0602. The number of aromatic nitrogens is 2. The first-order valence-electron chi connectivity index (χ1n) is 10.9. The SMILES string of the molecule is CN(C)n1c(NCc2ccc(C(F)(F)F)c(F)c2)nc2c(c1=O)CN(C(=O)c1ccc(Cl)cc1)CC2. The molecule has 0 saturated carbocycles. The van der Waals surface area contributed by atoms with Crippen LogP contribution in [0.25, 0.3) is 0 Å². The molecule has 7 nitrogen and oxygen atoms in total. The Kier molecular flexibility index (Phi) is 6.94. The van der Waals surface area contributed by atoms with Gasteiger partial charge in [0.05, 0.1) is 23.4 Å². The molecule has 4 rings (SSSR count). The average Bonchev–Trinajstić information content (AvgIpc) is 2.81. The van der Waals surface area contributed by atoms with E-state index in [-0.39, 0.29) is 36.1 Å². The van der Waals surface area contributed by atoms with E-state index in [0.717, 1.165) is 12.1 Å². The lowest BCUT2D eigenvalue weighted by atomic mass is 10.1. The van der Waals surface area contributed by atoms with Gasteiger partial charge in [-0.15, -0.1) is 0 Å². The van der Waals surface area contributed by atoms with Gasteiger partial charge in [-0.25, -0.2) is 9.37 Å². The Labute approximate surface area is 208 Å². The van der Waals surface area contributed by atoms with Crippen molar-refractivity contribution in [3.8, 4) is 0 Å². The molecule has 0 unspecified atom stereocenters. The van der Waals surface area contributed by atoms with Crippen LogP contribution in [0.5, 0.6) is 0 Å². The highest BCUT2D eigenvalue weighted by Gasteiger charge is 2.34. The molecule has 0 aliphatic carbocycles. The normalized spacial score (nSPS) is 13.4. The van der Waals surface area contributed by atoms with Crippen molar-refractivity contribution in [3.05, 3.63) is 91.6 Å². The number of alkyl halides is 3. The third-order valence-electron chi connectivity index (χ3n) is 5.78. The van der Waals surface area contributed by atoms with E-state index in [9.17, 15) is 27.2 Å². The zero-order valence-corrected chi connectivity index (χ0v) is 20.1. The summed E-state index contributed by atoms with van der Waals surface area (Å²) in [6.45, 7) is 0.354. The van der Waals surface area contributed by atoms with Crippen molar-refractivity contribution in [1.29, 1.82) is 0 Å². The minimum Gasteiger partial charge on any atom is -0.350 e. The molecule has 1 aliphatic rings. The number of fused-ring (bicyclic) bond motifs is 1. The lowest BCUT2D eigenvalue weighted by molar-refractivity contribution is -0.140. The predicted molar refractivity (Wildman–Crippen MR) is 127 cm³/mol. The summed E-state index contributed by atoms with van der Waals surface area (Å²) in [7, 11) is 3.25. The zero-order valence-electron chi connectivity index (χ0n) is 19.4. The first-order chi connectivity index (χ1) is 17.0. The van der Waals surface area contributed by atoms with Crippen molar-refractivity contribution in [2.24, 2.45) is 0 Å². The van der Waals surface area contributed by atoms with E-state index in [1.807, 2.05) is 0 Å². The highest BCUT2D eigenvalue weighted by molar-refractivity contribution is 6.30. The van der Waals surface area contributed by atoms with Crippen molar-refractivity contribution in [2.45, 2.75) is 25.7 Å². The van der Waals surface area contributed by atoms with E-state index in [0.29, 0.717) is 40.9 Å². The van der Waals surface area contributed by atoms with Crippen molar-refractivity contribution in [1.82, 2.24) is 14.6 Å². The highest BCUT2D eigenvalue weighted by Crippen LogP contribution is 2.31. The molecule has 0 radical (unpaired) electrons. The monoisotopic (exact) mass is 523 g/mol. The second-order valence-corrected chi connectivity index (χ2v) is 8.91. The van der Waals surface area contributed by atoms with Gasteiger partial charge in [0.25, 0.3) is 11.5 Å². The van der Waals surface area contributed by atoms with Crippen molar-refractivity contribution in [3.63, 3.8) is 0 Å². The van der Waals surface area contributed by atoms with Crippen LogP contribution in [0, 0.1) is 5.82 Å². The van der Waals surface area contributed by atoms with E-state index >= 15 is 0 Å². The Hall–Kier alpha value is -3.60. The molecule has 3 aromatic rings. The van der Waals surface area contributed by atoms with E-state index in [4.69, 9.17) is 11.6 Å². The molecule has 2 aromatic carbocycles. The summed E-state index contributed by atoms with van der Waals surface area (Å²) in [4.78, 5) is 32.4. The third-order valence-corrected chi connectivity index (χ3v) is 6.03. The van der Waals surface area contributed by atoms with Crippen LogP contribution in [0.4, 0.5) is 23.5 Å². The maximum absolute atomic E-state index is 13.9. The van der Waals surface area contributed by atoms with Crippen LogP contribution in [0.2, 0.25) is 5.02 Å². The van der Waals surface area contributed by atoms with Gasteiger partial charge in [-0.1, -0.05) is 17.7 Å². The Balaban J connectivity index is 1.58. The number of rotatable bonds is 5. The maximum Gasteiger partial charge on any atom is 0.419 e. The topological polar surface area (TPSA) is 70.5 Å². The fourth-order valence-corrected chi connectivity index (χ4v) is 4.11. The number of halogens is 5. The summed E-state index contributed by atoms with van der Waals surface area (Å²) >= 11 is 5.90. The smallest absolute Gasteiger partial charge is 0.350 e. The quantitative estimate of drug-likeness (QED) is 0.511. The van der Waals surface area contributed by atoms with Crippen LogP contribution >= 0.6 is 11.6 Å². The maximum atomic E-state index is 13.9. The summed E-state index contributed by atoms with van der Waals surface area (Å²) in [5.41, 5.74) is -0.160. The Morgan fingerprint density at radius 2 is 1.86 bits per heavy atom. The molecule has 0 saturated heterocycles. The number of hydrogen-bond acceptors (Lipinski definition) is 5. The molecule has 1 aliphatic heterocycles. The summed E-state index contributed by atoms with van der Waals surface area (Å²) in [6.07, 6.45) is -4.45. The Morgan fingerprint density at radius 1 is 1.17 bits per heavy atom. The van der Waals surface area contributed by atoms with E-state index < -0.39 is 17.6 Å². The first kappa shape index (κ1) is 25.5. The molecular weight excluding hydrogens is 502 g/mol. The van der Waals surface area contributed by atoms with Crippen molar-refractivity contribution < 1.29 is 22.4 Å². The predicted octanol–water partition coefficient (Wildman–Crippen LogP) is 4.06. The minimum atomic E-state index is -4.79. The molecule has 2 heterocycles. The van der Waals surface area contributed by atoms with Gasteiger partial charge in [0.1, 0.15) is 5.82 Å².